The quantitative estimate of drug-likeness (QED) is 0.647. The van der Waals surface area contributed by atoms with Gasteiger partial charge in [0.25, 0.3) is 0 Å². The Hall–Kier alpha value is -1.30. The Balaban J connectivity index is 2.41. The first-order valence-corrected chi connectivity index (χ1v) is 7.73. The second-order valence-electron chi connectivity index (χ2n) is 5.90. The first-order chi connectivity index (χ1) is 9.95. The molecule has 2 N–H and O–H groups in total. The molecule has 1 saturated carbocycles. The number of carbonyl (C=O) groups excluding carboxylic acids is 1. The van der Waals surface area contributed by atoms with Crippen LogP contribution in [0.2, 0.25) is 0 Å². The zero-order valence-corrected chi connectivity index (χ0v) is 13.3. The van der Waals surface area contributed by atoms with Gasteiger partial charge in [-0.3, -0.25) is 4.79 Å². The van der Waals surface area contributed by atoms with Crippen LogP contribution < -0.4 is 5.32 Å². The lowest BCUT2D eigenvalue weighted by Crippen LogP contribution is -2.49. The molecule has 0 heterocycles. The molecule has 122 valence electrons. The van der Waals surface area contributed by atoms with Crippen molar-refractivity contribution < 1.29 is 19.4 Å². The molecular formula is C15H28N2O4. The van der Waals surface area contributed by atoms with E-state index in [1.54, 1.807) is 7.11 Å². The molecule has 6 nitrogen and oxygen atoms in total. The number of methoxy groups -OCH3 is 1. The highest BCUT2D eigenvalue weighted by Crippen LogP contribution is 2.35. The fourth-order valence-electron chi connectivity index (χ4n) is 2.44. The zero-order valence-electron chi connectivity index (χ0n) is 13.3. The summed E-state index contributed by atoms with van der Waals surface area (Å²) in [5.41, 5.74) is 0. The molecule has 1 aliphatic carbocycles. The van der Waals surface area contributed by atoms with Crippen LogP contribution in [0.25, 0.3) is 0 Å². The minimum absolute atomic E-state index is 0.0201. The molecule has 0 bridgehead atoms. The van der Waals surface area contributed by atoms with Crippen LogP contribution in [-0.2, 0) is 9.53 Å². The van der Waals surface area contributed by atoms with E-state index in [0.717, 1.165) is 0 Å². The van der Waals surface area contributed by atoms with Gasteiger partial charge in [0.2, 0.25) is 0 Å². The van der Waals surface area contributed by atoms with Gasteiger partial charge >= 0.3 is 12.0 Å². The number of hydrogen-bond donors (Lipinski definition) is 2. The Morgan fingerprint density at radius 3 is 2.57 bits per heavy atom. The molecule has 1 aliphatic rings. The molecule has 1 rings (SSSR count). The predicted molar refractivity (Wildman–Crippen MR) is 80.2 cm³/mol. The summed E-state index contributed by atoms with van der Waals surface area (Å²) in [6.45, 7) is 5.11. The number of nitrogens with zero attached hydrogens (tertiary/aromatic N) is 1. The highest BCUT2D eigenvalue weighted by molar-refractivity contribution is 5.75. The Morgan fingerprint density at radius 1 is 1.38 bits per heavy atom. The van der Waals surface area contributed by atoms with Crippen LogP contribution in [0.3, 0.4) is 0 Å². The van der Waals surface area contributed by atoms with E-state index < -0.39 is 5.97 Å². The van der Waals surface area contributed by atoms with Crippen molar-refractivity contribution >= 4 is 12.0 Å². The van der Waals surface area contributed by atoms with E-state index in [1.165, 1.54) is 12.8 Å². The Kier molecular flexibility index (Phi) is 7.50. The molecule has 21 heavy (non-hydrogen) atoms. The average Bonchev–Trinajstić information content (AvgIpc) is 3.22. The molecular weight excluding hydrogens is 272 g/mol. The van der Waals surface area contributed by atoms with Gasteiger partial charge in [-0.05, 0) is 45.4 Å². The number of urea groups is 1. The van der Waals surface area contributed by atoms with E-state index in [4.69, 9.17) is 9.84 Å². The number of aliphatic carboxylic acids is 1. The molecule has 0 aromatic rings. The van der Waals surface area contributed by atoms with Crippen molar-refractivity contribution in [3.63, 3.8) is 0 Å². The lowest BCUT2D eigenvalue weighted by molar-refractivity contribution is -0.137. The number of carboxylic acid groups (broad SMARTS) is 1. The minimum atomic E-state index is -0.794. The lowest BCUT2D eigenvalue weighted by Gasteiger charge is -2.30. The molecule has 1 fully saturated rings. The van der Waals surface area contributed by atoms with Gasteiger partial charge in [0.1, 0.15) is 0 Å². The van der Waals surface area contributed by atoms with Gasteiger partial charge < -0.3 is 20.1 Å². The van der Waals surface area contributed by atoms with Gasteiger partial charge in [-0.1, -0.05) is 0 Å². The lowest BCUT2D eigenvalue weighted by atomic mass is 10.1. The maximum absolute atomic E-state index is 12.4. The SMILES string of the molecule is COCCN(C(=O)NC(C)CCCC(=O)O)C(C)C1CC1. The average molecular weight is 300 g/mol. The van der Waals surface area contributed by atoms with Crippen LogP contribution in [0.4, 0.5) is 4.79 Å². The van der Waals surface area contributed by atoms with E-state index in [-0.39, 0.29) is 24.5 Å². The van der Waals surface area contributed by atoms with E-state index >= 15 is 0 Å². The second-order valence-corrected chi connectivity index (χ2v) is 5.90. The highest BCUT2D eigenvalue weighted by atomic mass is 16.5. The summed E-state index contributed by atoms with van der Waals surface area (Å²) in [5.74, 6) is -0.187. The van der Waals surface area contributed by atoms with Crippen LogP contribution in [0.1, 0.15) is 46.0 Å². The molecule has 0 aromatic heterocycles. The van der Waals surface area contributed by atoms with Gasteiger partial charge in [0.15, 0.2) is 0 Å². The van der Waals surface area contributed by atoms with E-state index in [2.05, 4.69) is 12.2 Å². The predicted octanol–water partition coefficient (Wildman–Crippen LogP) is 2.09. The van der Waals surface area contributed by atoms with Crippen LogP contribution in [0.15, 0.2) is 0 Å². The highest BCUT2D eigenvalue weighted by Gasteiger charge is 2.34. The van der Waals surface area contributed by atoms with Crippen LogP contribution in [0, 0.1) is 5.92 Å². The maximum atomic E-state index is 12.4. The molecule has 0 aromatic carbocycles. The molecule has 0 spiro atoms. The Morgan fingerprint density at radius 2 is 2.05 bits per heavy atom. The van der Waals surface area contributed by atoms with Crippen molar-refractivity contribution in [3.05, 3.63) is 0 Å². The Labute approximate surface area is 126 Å². The minimum Gasteiger partial charge on any atom is -0.481 e. The third-order valence-electron chi connectivity index (χ3n) is 3.99. The number of carboxylic acids is 1. The van der Waals surface area contributed by atoms with Crippen molar-refractivity contribution in [2.45, 2.75) is 58.0 Å². The molecule has 2 unspecified atom stereocenters. The van der Waals surface area contributed by atoms with Crippen molar-refractivity contribution in [3.8, 4) is 0 Å². The zero-order chi connectivity index (χ0) is 15.8. The van der Waals surface area contributed by atoms with Crippen molar-refractivity contribution in [2.75, 3.05) is 20.3 Å². The molecule has 0 saturated heterocycles. The van der Waals surface area contributed by atoms with Gasteiger partial charge in [0, 0.05) is 32.2 Å². The summed E-state index contributed by atoms with van der Waals surface area (Å²) < 4.78 is 5.08. The smallest absolute Gasteiger partial charge is 0.317 e. The monoisotopic (exact) mass is 300 g/mol. The number of nitrogens with one attached hydrogen (secondary N) is 1. The number of amides is 2. The normalized spacial score (nSPS) is 17.1. The molecule has 0 radical (unpaired) electrons. The van der Waals surface area contributed by atoms with Crippen LogP contribution in [0.5, 0.6) is 0 Å². The fourth-order valence-corrected chi connectivity index (χ4v) is 2.44. The number of hydrogen-bond acceptors (Lipinski definition) is 3. The summed E-state index contributed by atoms with van der Waals surface area (Å²) >= 11 is 0. The van der Waals surface area contributed by atoms with Crippen molar-refractivity contribution in [2.24, 2.45) is 5.92 Å². The van der Waals surface area contributed by atoms with E-state index in [9.17, 15) is 9.59 Å². The third kappa shape index (κ3) is 6.80. The molecule has 0 aliphatic heterocycles. The first-order valence-electron chi connectivity index (χ1n) is 7.73. The van der Waals surface area contributed by atoms with E-state index in [1.807, 2.05) is 11.8 Å². The van der Waals surface area contributed by atoms with Crippen LogP contribution >= 0.6 is 0 Å². The number of rotatable bonds is 10. The van der Waals surface area contributed by atoms with Crippen LogP contribution in [-0.4, -0.2) is 54.4 Å². The van der Waals surface area contributed by atoms with Gasteiger partial charge in [-0.2, -0.15) is 0 Å². The summed E-state index contributed by atoms with van der Waals surface area (Å²) in [4.78, 5) is 24.7. The summed E-state index contributed by atoms with van der Waals surface area (Å²) in [6, 6.07) is 0.133. The van der Waals surface area contributed by atoms with E-state index in [0.29, 0.717) is 31.9 Å². The topological polar surface area (TPSA) is 78.9 Å². The van der Waals surface area contributed by atoms with Gasteiger partial charge in [-0.15, -0.1) is 0 Å². The number of ether oxygens (including phenoxy) is 1. The van der Waals surface area contributed by atoms with Crippen molar-refractivity contribution in [1.82, 2.24) is 10.2 Å². The van der Waals surface area contributed by atoms with Crippen molar-refractivity contribution in [1.29, 1.82) is 0 Å². The number of carbonyl (C=O) groups is 2. The largest absolute Gasteiger partial charge is 0.481 e. The molecule has 2 amide bonds. The summed E-state index contributed by atoms with van der Waals surface area (Å²) in [7, 11) is 1.63. The standard InChI is InChI=1S/C15H28N2O4/c1-11(5-4-6-14(18)19)16-15(20)17(9-10-21-3)12(2)13-7-8-13/h11-13H,4-10H2,1-3H3,(H,16,20)(H,18,19). The molecule has 2 atom stereocenters. The fraction of sp³-hybridized carbons (Fsp3) is 0.867. The summed E-state index contributed by atoms with van der Waals surface area (Å²) in [6.07, 6.45) is 3.77. The third-order valence-corrected chi connectivity index (χ3v) is 3.99. The first kappa shape index (κ1) is 17.8. The van der Waals surface area contributed by atoms with Gasteiger partial charge in [-0.25, -0.2) is 4.79 Å². The second kappa shape index (κ2) is 8.87. The molecule has 6 heteroatoms. The maximum Gasteiger partial charge on any atom is 0.317 e. The summed E-state index contributed by atoms with van der Waals surface area (Å²) in [5, 5.41) is 11.6. The van der Waals surface area contributed by atoms with Gasteiger partial charge in [0.05, 0.1) is 6.61 Å². The Bertz CT molecular complexity index is 345.